The highest BCUT2D eigenvalue weighted by Gasteiger charge is 2.25. The van der Waals surface area contributed by atoms with Crippen LogP contribution in [0.2, 0.25) is 5.28 Å². The smallest absolute Gasteiger partial charge is 0.240 e. The van der Waals surface area contributed by atoms with Crippen LogP contribution in [0.1, 0.15) is 105 Å². The van der Waals surface area contributed by atoms with Crippen molar-refractivity contribution in [2.45, 2.75) is 105 Å². The molecule has 0 saturated heterocycles. The molecule has 4 aromatic carbocycles. The third-order valence-corrected chi connectivity index (χ3v) is 10.1. The van der Waals surface area contributed by atoms with Gasteiger partial charge in [-0.2, -0.15) is 15.0 Å². The highest BCUT2D eigenvalue weighted by molar-refractivity contribution is 6.28. The van der Waals surface area contributed by atoms with E-state index in [1.807, 2.05) is 0 Å². The Morgan fingerprint density at radius 1 is 0.388 bits per heavy atom. The molecule has 0 aliphatic carbocycles. The molecule has 6 heteroatoms. The molecule has 0 N–H and O–H groups in total. The summed E-state index contributed by atoms with van der Waals surface area (Å²) in [4.78, 5) is 14.8. The number of aromatic nitrogens is 5. The maximum atomic E-state index is 6.84. The monoisotopic (exact) mass is 669 g/mol. The van der Waals surface area contributed by atoms with Crippen LogP contribution in [0.25, 0.3) is 55.5 Å². The Labute approximate surface area is 295 Å². The first-order valence-corrected chi connectivity index (χ1v) is 17.7. The van der Waals surface area contributed by atoms with E-state index >= 15 is 0 Å². The fourth-order valence-corrected chi connectivity index (χ4v) is 7.02. The van der Waals surface area contributed by atoms with Crippen molar-refractivity contribution in [2.24, 2.45) is 0 Å². The minimum absolute atomic E-state index is 0.00411. The summed E-state index contributed by atoms with van der Waals surface area (Å²) in [5.41, 5.74) is 9.29. The van der Waals surface area contributed by atoms with Crippen molar-refractivity contribution < 1.29 is 0 Å². The zero-order valence-corrected chi connectivity index (χ0v) is 31.8. The molecule has 0 unspecified atom stereocenters. The number of benzene rings is 4. The molecule has 7 rings (SSSR count). The maximum absolute atomic E-state index is 6.84. The van der Waals surface area contributed by atoms with Crippen molar-refractivity contribution >= 4 is 55.2 Å². The number of nitrogens with zero attached hydrogens (tertiary/aromatic N) is 5. The molecule has 0 aliphatic heterocycles. The Hall–Kier alpha value is -4.22. The molecule has 0 amide bonds. The summed E-state index contributed by atoms with van der Waals surface area (Å²) < 4.78 is 4.29. The van der Waals surface area contributed by atoms with Crippen LogP contribution in [-0.2, 0) is 21.7 Å². The molecular formula is C43H48ClN5. The fraction of sp³-hybridized carbons (Fsp3) is 0.372. The summed E-state index contributed by atoms with van der Waals surface area (Å²) in [6.07, 6.45) is 0. The van der Waals surface area contributed by atoms with E-state index in [1.54, 1.807) is 0 Å². The normalized spacial score (nSPS) is 13.4. The number of halogens is 1. The van der Waals surface area contributed by atoms with Gasteiger partial charge in [0.1, 0.15) is 0 Å². The van der Waals surface area contributed by atoms with Crippen LogP contribution in [0.3, 0.4) is 0 Å². The summed E-state index contributed by atoms with van der Waals surface area (Å²) >= 11 is 6.84. The lowest BCUT2D eigenvalue weighted by Gasteiger charge is -2.19. The first kappa shape index (κ1) is 33.3. The Kier molecular flexibility index (Phi) is 7.40. The first-order chi connectivity index (χ1) is 22.7. The van der Waals surface area contributed by atoms with E-state index in [0.717, 1.165) is 22.1 Å². The molecule has 0 radical (unpaired) electrons. The van der Waals surface area contributed by atoms with Gasteiger partial charge in [0.25, 0.3) is 0 Å². The third-order valence-electron chi connectivity index (χ3n) is 9.98. The molecule has 0 bridgehead atoms. The molecule has 252 valence electrons. The van der Waals surface area contributed by atoms with E-state index in [4.69, 9.17) is 26.6 Å². The second kappa shape index (κ2) is 10.9. The molecule has 7 aromatic rings. The van der Waals surface area contributed by atoms with E-state index in [9.17, 15) is 0 Å². The number of rotatable bonds is 2. The van der Waals surface area contributed by atoms with Gasteiger partial charge in [-0.05, 0) is 104 Å². The molecule has 0 fully saturated rings. The minimum atomic E-state index is 0.00411. The number of hydrogen-bond donors (Lipinski definition) is 0. The Morgan fingerprint density at radius 3 is 0.857 bits per heavy atom. The average Bonchev–Trinajstić information content (AvgIpc) is 3.50. The van der Waals surface area contributed by atoms with Crippen LogP contribution in [0.5, 0.6) is 0 Å². The van der Waals surface area contributed by atoms with Gasteiger partial charge in [-0.15, -0.1) is 0 Å². The lowest BCUT2D eigenvalue weighted by atomic mass is 9.85. The molecule has 49 heavy (non-hydrogen) atoms. The lowest BCUT2D eigenvalue weighted by molar-refractivity contribution is 0.590. The lowest BCUT2D eigenvalue weighted by Crippen LogP contribution is -2.11. The second-order valence-electron chi connectivity index (χ2n) is 17.8. The number of hydrogen-bond acceptors (Lipinski definition) is 3. The molecule has 0 saturated carbocycles. The summed E-state index contributed by atoms with van der Waals surface area (Å²) in [6.45, 7) is 27.1. The molecule has 0 atom stereocenters. The summed E-state index contributed by atoms with van der Waals surface area (Å²) in [6, 6.07) is 27.0. The average molecular weight is 670 g/mol. The van der Waals surface area contributed by atoms with Crippen LogP contribution in [0.15, 0.2) is 72.8 Å². The quantitative estimate of drug-likeness (QED) is 0.184. The molecule has 0 spiro atoms. The Bertz CT molecular complexity index is 2120. The standard InChI is InChI=1S/C43H48ClN5/c1-40(2,3)25-13-17-33-29(21-25)30-22-26(41(4,5)6)14-18-34(30)48(33)38-45-37(44)46-39(47-38)49-35-19-15-27(42(7,8)9)23-31(35)32-24-28(43(10,11)12)16-20-36(32)49/h13-24H,1-12H3. The van der Waals surface area contributed by atoms with Crippen LogP contribution in [0, 0.1) is 0 Å². The van der Waals surface area contributed by atoms with Gasteiger partial charge >= 0.3 is 0 Å². The molecule has 0 aliphatic rings. The van der Waals surface area contributed by atoms with Gasteiger partial charge in [0, 0.05) is 21.5 Å². The third kappa shape index (κ3) is 5.70. The van der Waals surface area contributed by atoms with Crippen molar-refractivity contribution in [1.82, 2.24) is 24.1 Å². The molecule has 3 heterocycles. The van der Waals surface area contributed by atoms with E-state index in [1.165, 1.54) is 43.8 Å². The maximum Gasteiger partial charge on any atom is 0.240 e. The minimum Gasteiger partial charge on any atom is -0.278 e. The van der Waals surface area contributed by atoms with Crippen molar-refractivity contribution in [3.8, 4) is 11.9 Å². The largest absolute Gasteiger partial charge is 0.278 e. The second-order valence-corrected chi connectivity index (χ2v) is 18.1. The highest BCUT2D eigenvalue weighted by Crippen LogP contribution is 2.39. The first-order valence-electron chi connectivity index (χ1n) is 17.3. The van der Waals surface area contributed by atoms with Gasteiger partial charge in [-0.1, -0.05) is 107 Å². The molecular weight excluding hydrogens is 622 g/mol. The highest BCUT2D eigenvalue weighted by atomic mass is 35.5. The zero-order valence-electron chi connectivity index (χ0n) is 31.0. The van der Waals surface area contributed by atoms with Crippen LogP contribution < -0.4 is 0 Å². The van der Waals surface area contributed by atoms with Gasteiger partial charge < -0.3 is 0 Å². The Morgan fingerprint density at radius 2 is 0.633 bits per heavy atom. The van der Waals surface area contributed by atoms with Gasteiger partial charge in [0.2, 0.25) is 17.2 Å². The summed E-state index contributed by atoms with van der Waals surface area (Å²) in [5.74, 6) is 0.990. The van der Waals surface area contributed by atoms with E-state index in [0.29, 0.717) is 11.9 Å². The van der Waals surface area contributed by atoms with Crippen molar-refractivity contribution in [1.29, 1.82) is 0 Å². The van der Waals surface area contributed by atoms with Gasteiger partial charge in [-0.3, -0.25) is 9.13 Å². The zero-order chi connectivity index (χ0) is 35.4. The fourth-order valence-electron chi connectivity index (χ4n) is 6.87. The van der Waals surface area contributed by atoms with Gasteiger partial charge in [0.05, 0.1) is 22.1 Å². The van der Waals surface area contributed by atoms with E-state index in [-0.39, 0.29) is 26.9 Å². The van der Waals surface area contributed by atoms with E-state index < -0.39 is 0 Å². The predicted molar refractivity (Wildman–Crippen MR) is 208 cm³/mol. The summed E-state index contributed by atoms with van der Waals surface area (Å²) in [7, 11) is 0. The Balaban J connectivity index is 1.54. The van der Waals surface area contributed by atoms with Crippen LogP contribution in [0.4, 0.5) is 0 Å². The van der Waals surface area contributed by atoms with Gasteiger partial charge in [0.15, 0.2) is 0 Å². The SMILES string of the molecule is CC(C)(C)c1ccc2c(c1)c1cc(C(C)(C)C)ccc1n2-c1nc(Cl)nc(-n2c3ccc(C(C)(C)C)cc3c3cc(C(C)(C)C)ccc32)n1. The number of fused-ring (bicyclic) bond motifs is 6. The van der Waals surface area contributed by atoms with Crippen molar-refractivity contribution in [2.75, 3.05) is 0 Å². The van der Waals surface area contributed by atoms with Crippen molar-refractivity contribution in [3.63, 3.8) is 0 Å². The van der Waals surface area contributed by atoms with Crippen LogP contribution >= 0.6 is 11.6 Å². The van der Waals surface area contributed by atoms with Crippen molar-refractivity contribution in [3.05, 3.63) is 100 Å². The van der Waals surface area contributed by atoms with Gasteiger partial charge in [-0.25, -0.2) is 0 Å². The predicted octanol–water partition coefficient (Wildman–Crippen LogP) is 11.9. The van der Waals surface area contributed by atoms with Crippen LogP contribution in [-0.4, -0.2) is 24.1 Å². The molecule has 5 nitrogen and oxygen atoms in total. The topological polar surface area (TPSA) is 48.5 Å². The molecule has 3 aromatic heterocycles. The van der Waals surface area contributed by atoms with E-state index in [2.05, 4.69) is 165 Å². The summed E-state index contributed by atoms with van der Waals surface area (Å²) in [5, 5.41) is 4.85.